The molecule has 4 N–H and O–H groups in total. The number of nitrogens with zero attached hydrogens (tertiary/aromatic N) is 1. The number of aromatic nitrogens is 2. The lowest BCUT2D eigenvalue weighted by atomic mass is 10.2. The summed E-state index contributed by atoms with van der Waals surface area (Å²) in [7, 11) is 0. The molecule has 0 saturated heterocycles. The van der Waals surface area contributed by atoms with Crippen LogP contribution in [0.5, 0.6) is 0 Å². The van der Waals surface area contributed by atoms with Crippen molar-refractivity contribution in [3.05, 3.63) is 71.9 Å². The maximum absolute atomic E-state index is 12.2. The van der Waals surface area contributed by atoms with Gasteiger partial charge in [-0.3, -0.25) is 9.59 Å². The fourth-order valence-corrected chi connectivity index (χ4v) is 2.14. The highest BCUT2D eigenvalue weighted by Gasteiger charge is 2.18. The van der Waals surface area contributed by atoms with E-state index in [1.807, 2.05) is 36.4 Å². The number of benzene rings is 2. The van der Waals surface area contributed by atoms with Gasteiger partial charge in [-0.25, -0.2) is 4.98 Å². The van der Waals surface area contributed by atoms with Crippen molar-refractivity contribution in [1.29, 1.82) is 0 Å². The molecule has 0 atom stereocenters. The summed E-state index contributed by atoms with van der Waals surface area (Å²) < 4.78 is 0. The highest BCUT2D eigenvalue weighted by molar-refractivity contribution is 6.07. The van der Waals surface area contributed by atoms with Gasteiger partial charge in [0.1, 0.15) is 11.5 Å². The van der Waals surface area contributed by atoms with E-state index in [1.165, 1.54) is 0 Å². The summed E-state index contributed by atoms with van der Waals surface area (Å²) in [6.07, 6.45) is 0. The number of nitrogens with one attached hydrogen (secondary N) is 2. The fourth-order valence-electron chi connectivity index (χ4n) is 2.14. The molecule has 6 nitrogen and oxygen atoms in total. The zero-order chi connectivity index (χ0) is 16.2. The van der Waals surface area contributed by atoms with Crippen molar-refractivity contribution < 1.29 is 9.59 Å². The Hall–Kier alpha value is -3.41. The monoisotopic (exact) mass is 306 g/mol. The van der Waals surface area contributed by atoms with E-state index in [4.69, 9.17) is 5.73 Å². The SMILES string of the molecule is NC(=O)c1[nH]c(-c2ccccc2)nc1NC(=O)c1ccccc1. The minimum atomic E-state index is -0.692. The van der Waals surface area contributed by atoms with Gasteiger partial charge in [-0.15, -0.1) is 0 Å². The van der Waals surface area contributed by atoms with Gasteiger partial charge < -0.3 is 16.0 Å². The van der Waals surface area contributed by atoms with Crippen molar-refractivity contribution in [2.24, 2.45) is 5.73 Å². The highest BCUT2D eigenvalue weighted by Crippen LogP contribution is 2.21. The number of carbonyl (C=O) groups excluding carboxylic acids is 2. The predicted molar refractivity (Wildman–Crippen MR) is 86.9 cm³/mol. The van der Waals surface area contributed by atoms with E-state index in [0.29, 0.717) is 11.4 Å². The second-order valence-corrected chi connectivity index (χ2v) is 4.86. The first kappa shape index (κ1) is 14.5. The molecule has 0 bridgehead atoms. The number of imidazole rings is 1. The Balaban J connectivity index is 1.94. The van der Waals surface area contributed by atoms with Gasteiger partial charge in [0.15, 0.2) is 5.82 Å². The zero-order valence-electron chi connectivity index (χ0n) is 12.1. The Bertz CT molecular complexity index is 842. The average molecular weight is 306 g/mol. The summed E-state index contributed by atoms with van der Waals surface area (Å²) in [6.45, 7) is 0. The summed E-state index contributed by atoms with van der Waals surface area (Å²) in [5.74, 6) is -0.477. The summed E-state index contributed by atoms with van der Waals surface area (Å²) >= 11 is 0. The maximum atomic E-state index is 12.2. The van der Waals surface area contributed by atoms with Crippen LogP contribution in [0.15, 0.2) is 60.7 Å². The number of hydrogen-bond acceptors (Lipinski definition) is 3. The second kappa shape index (κ2) is 6.15. The normalized spacial score (nSPS) is 10.3. The van der Waals surface area contributed by atoms with E-state index in [0.717, 1.165) is 5.56 Å². The standard InChI is InChI=1S/C17H14N4O2/c18-14(22)13-16(21-17(23)12-9-5-2-6-10-12)20-15(19-13)11-7-3-1-4-8-11/h1-10H,(H2,18,22)(H,19,20)(H,21,23). The number of rotatable bonds is 4. The molecular weight excluding hydrogens is 292 g/mol. The predicted octanol–water partition coefficient (Wildman–Crippen LogP) is 2.43. The van der Waals surface area contributed by atoms with Crippen LogP contribution in [0.2, 0.25) is 0 Å². The Morgan fingerprint density at radius 1 is 0.957 bits per heavy atom. The summed E-state index contributed by atoms with van der Waals surface area (Å²) in [4.78, 5) is 30.9. The average Bonchev–Trinajstić information content (AvgIpc) is 3.00. The molecule has 0 aliphatic rings. The lowest BCUT2D eigenvalue weighted by Crippen LogP contribution is -2.18. The van der Waals surface area contributed by atoms with Gasteiger partial charge in [-0.1, -0.05) is 48.5 Å². The number of hydrogen-bond donors (Lipinski definition) is 3. The molecule has 0 aliphatic heterocycles. The minimum absolute atomic E-state index is 0.0631. The summed E-state index contributed by atoms with van der Waals surface area (Å²) in [5, 5.41) is 2.62. The molecule has 0 aliphatic carbocycles. The minimum Gasteiger partial charge on any atom is -0.364 e. The van der Waals surface area contributed by atoms with E-state index in [9.17, 15) is 9.59 Å². The topological polar surface area (TPSA) is 101 Å². The van der Waals surface area contributed by atoms with Gasteiger partial charge in [-0.2, -0.15) is 0 Å². The fraction of sp³-hybridized carbons (Fsp3) is 0. The van der Waals surface area contributed by atoms with Crippen LogP contribution in [0.1, 0.15) is 20.8 Å². The molecule has 0 fully saturated rings. The van der Waals surface area contributed by atoms with Crippen LogP contribution in [0.25, 0.3) is 11.4 Å². The first-order valence-corrected chi connectivity index (χ1v) is 6.97. The van der Waals surface area contributed by atoms with Crippen molar-refractivity contribution in [2.45, 2.75) is 0 Å². The molecule has 3 aromatic rings. The van der Waals surface area contributed by atoms with Gasteiger partial charge in [0.05, 0.1) is 0 Å². The van der Waals surface area contributed by atoms with E-state index in [-0.39, 0.29) is 17.4 Å². The molecule has 23 heavy (non-hydrogen) atoms. The molecule has 114 valence electrons. The first-order chi connectivity index (χ1) is 11.1. The number of primary amides is 1. The third kappa shape index (κ3) is 3.11. The van der Waals surface area contributed by atoms with Gasteiger partial charge in [-0.05, 0) is 12.1 Å². The molecule has 0 unspecified atom stereocenters. The van der Waals surface area contributed by atoms with Crippen LogP contribution in [0, 0.1) is 0 Å². The lowest BCUT2D eigenvalue weighted by Gasteiger charge is -2.03. The Kier molecular flexibility index (Phi) is 3.88. The number of amides is 2. The van der Waals surface area contributed by atoms with Gasteiger partial charge in [0.2, 0.25) is 0 Å². The number of carbonyl (C=O) groups is 2. The van der Waals surface area contributed by atoms with Crippen molar-refractivity contribution in [1.82, 2.24) is 9.97 Å². The van der Waals surface area contributed by atoms with E-state index in [1.54, 1.807) is 24.3 Å². The number of nitrogens with two attached hydrogens (primary N) is 1. The van der Waals surface area contributed by atoms with Crippen LogP contribution in [0.3, 0.4) is 0 Å². The van der Waals surface area contributed by atoms with Crippen LogP contribution in [-0.4, -0.2) is 21.8 Å². The number of aromatic amines is 1. The Labute approximate surface area is 132 Å². The molecular formula is C17H14N4O2. The van der Waals surface area contributed by atoms with Crippen LogP contribution in [-0.2, 0) is 0 Å². The molecule has 0 spiro atoms. The Morgan fingerprint density at radius 2 is 1.57 bits per heavy atom. The van der Waals surface area contributed by atoms with Crippen LogP contribution < -0.4 is 11.1 Å². The largest absolute Gasteiger partial charge is 0.364 e. The van der Waals surface area contributed by atoms with Crippen molar-refractivity contribution in [2.75, 3.05) is 5.32 Å². The molecule has 1 heterocycles. The molecule has 2 aromatic carbocycles. The molecule has 2 amide bonds. The Morgan fingerprint density at radius 3 is 2.17 bits per heavy atom. The van der Waals surface area contributed by atoms with Crippen LogP contribution in [0.4, 0.5) is 5.82 Å². The van der Waals surface area contributed by atoms with Crippen molar-refractivity contribution >= 4 is 17.6 Å². The number of anilines is 1. The van der Waals surface area contributed by atoms with Gasteiger partial charge in [0.25, 0.3) is 11.8 Å². The number of H-pyrrole nitrogens is 1. The third-order valence-electron chi connectivity index (χ3n) is 3.27. The zero-order valence-corrected chi connectivity index (χ0v) is 12.1. The molecule has 3 rings (SSSR count). The lowest BCUT2D eigenvalue weighted by molar-refractivity contribution is 0.0997. The van der Waals surface area contributed by atoms with Crippen molar-refractivity contribution in [3.63, 3.8) is 0 Å². The second-order valence-electron chi connectivity index (χ2n) is 4.86. The molecule has 6 heteroatoms. The first-order valence-electron chi connectivity index (χ1n) is 6.97. The highest BCUT2D eigenvalue weighted by atomic mass is 16.2. The summed E-state index contributed by atoms with van der Waals surface area (Å²) in [6, 6.07) is 17.9. The molecule has 1 aromatic heterocycles. The van der Waals surface area contributed by atoms with Gasteiger partial charge >= 0.3 is 0 Å². The third-order valence-corrected chi connectivity index (χ3v) is 3.27. The van der Waals surface area contributed by atoms with Crippen LogP contribution >= 0.6 is 0 Å². The van der Waals surface area contributed by atoms with Gasteiger partial charge in [0, 0.05) is 11.1 Å². The van der Waals surface area contributed by atoms with E-state index >= 15 is 0 Å². The van der Waals surface area contributed by atoms with E-state index < -0.39 is 5.91 Å². The maximum Gasteiger partial charge on any atom is 0.269 e. The summed E-state index contributed by atoms with van der Waals surface area (Å²) in [5.41, 5.74) is 6.67. The molecule has 0 radical (unpaired) electrons. The van der Waals surface area contributed by atoms with Crippen molar-refractivity contribution in [3.8, 4) is 11.4 Å². The quantitative estimate of drug-likeness (QED) is 0.690. The molecule has 0 saturated carbocycles. The van der Waals surface area contributed by atoms with E-state index in [2.05, 4.69) is 15.3 Å². The smallest absolute Gasteiger partial charge is 0.269 e.